The van der Waals surface area contributed by atoms with Crippen LogP contribution >= 0.6 is 31.9 Å². The SMILES string of the molecule is O[C@H]1CCCCc2c(Br)ccc(Br)c21. The number of halogens is 2. The second kappa shape index (κ2) is 4.33. The molecule has 0 fully saturated rings. The molecule has 2 rings (SSSR count). The van der Waals surface area contributed by atoms with Gasteiger partial charge in [0, 0.05) is 8.95 Å². The van der Waals surface area contributed by atoms with Crippen molar-refractivity contribution < 1.29 is 5.11 Å². The van der Waals surface area contributed by atoms with Crippen LogP contribution in [0.25, 0.3) is 0 Å². The summed E-state index contributed by atoms with van der Waals surface area (Å²) >= 11 is 7.06. The Bertz CT molecular complexity index is 349. The quantitative estimate of drug-likeness (QED) is 0.717. The lowest BCUT2D eigenvalue weighted by Gasteiger charge is -2.14. The molecule has 0 bridgehead atoms. The van der Waals surface area contributed by atoms with Gasteiger partial charge < -0.3 is 5.11 Å². The van der Waals surface area contributed by atoms with Crippen molar-refractivity contribution in [3.05, 3.63) is 32.2 Å². The van der Waals surface area contributed by atoms with E-state index in [1.54, 1.807) is 0 Å². The molecule has 0 radical (unpaired) electrons. The van der Waals surface area contributed by atoms with Crippen LogP contribution in [0.4, 0.5) is 0 Å². The van der Waals surface area contributed by atoms with Crippen molar-refractivity contribution in [2.24, 2.45) is 0 Å². The molecule has 0 spiro atoms. The van der Waals surface area contributed by atoms with Gasteiger partial charge in [0.25, 0.3) is 0 Å². The topological polar surface area (TPSA) is 20.2 Å². The van der Waals surface area contributed by atoms with E-state index in [2.05, 4.69) is 31.9 Å². The maximum atomic E-state index is 10.00. The minimum absolute atomic E-state index is 0.306. The van der Waals surface area contributed by atoms with Crippen LogP contribution in [-0.4, -0.2) is 5.11 Å². The number of hydrogen-bond acceptors (Lipinski definition) is 1. The number of aliphatic hydroxyl groups excluding tert-OH is 1. The molecule has 1 aromatic carbocycles. The summed E-state index contributed by atoms with van der Waals surface area (Å²) in [6, 6.07) is 4.04. The Balaban J connectivity index is 2.57. The fraction of sp³-hybridized carbons (Fsp3) is 0.455. The molecule has 0 heterocycles. The summed E-state index contributed by atoms with van der Waals surface area (Å²) in [6.45, 7) is 0. The largest absolute Gasteiger partial charge is 0.388 e. The van der Waals surface area contributed by atoms with Crippen molar-refractivity contribution in [3.63, 3.8) is 0 Å². The van der Waals surface area contributed by atoms with Crippen LogP contribution in [0.1, 0.15) is 36.5 Å². The van der Waals surface area contributed by atoms with E-state index in [0.717, 1.165) is 33.8 Å². The van der Waals surface area contributed by atoms with Crippen molar-refractivity contribution in [1.82, 2.24) is 0 Å². The molecule has 76 valence electrons. The summed E-state index contributed by atoms with van der Waals surface area (Å²) in [5.41, 5.74) is 2.35. The van der Waals surface area contributed by atoms with Gasteiger partial charge in [-0.15, -0.1) is 0 Å². The third-order valence-electron chi connectivity index (χ3n) is 2.73. The Morgan fingerprint density at radius 2 is 1.86 bits per heavy atom. The van der Waals surface area contributed by atoms with Crippen LogP contribution in [-0.2, 0) is 6.42 Å². The lowest BCUT2D eigenvalue weighted by molar-refractivity contribution is 0.166. The first-order chi connectivity index (χ1) is 6.70. The smallest absolute Gasteiger partial charge is 0.0804 e. The van der Waals surface area contributed by atoms with E-state index in [9.17, 15) is 5.11 Å². The summed E-state index contributed by atoms with van der Waals surface area (Å²) in [6.07, 6.45) is 3.90. The molecule has 1 aromatic rings. The maximum absolute atomic E-state index is 10.00. The molecule has 3 heteroatoms. The van der Waals surface area contributed by atoms with Gasteiger partial charge in [0.15, 0.2) is 0 Å². The van der Waals surface area contributed by atoms with Crippen molar-refractivity contribution in [2.45, 2.75) is 31.8 Å². The number of hydrogen-bond donors (Lipinski definition) is 1. The lowest BCUT2D eigenvalue weighted by atomic mass is 10.0. The van der Waals surface area contributed by atoms with Gasteiger partial charge in [-0.1, -0.05) is 38.3 Å². The minimum Gasteiger partial charge on any atom is -0.388 e. The van der Waals surface area contributed by atoms with Gasteiger partial charge in [0.05, 0.1) is 6.10 Å². The molecule has 1 aliphatic rings. The Labute approximate surface area is 101 Å². The van der Waals surface area contributed by atoms with Gasteiger partial charge in [0.2, 0.25) is 0 Å². The fourth-order valence-corrected chi connectivity index (χ4v) is 3.19. The van der Waals surface area contributed by atoms with Crippen LogP contribution < -0.4 is 0 Å². The van der Waals surface area contributed by atoms with Crippen molar-refractivity contribution in [1.29, 1.82) is 0 Å². The molecule has 0 aliphatic heterocycles. The molecular weight excluding hydrogens is 308 g/mol. The predicted octanol–water partition coefficient (Wildman–Crippen LogP) is 3.97. The summed E-state index contributed by atoms with van der Waals surface area (Å²) in [5, 5.41) is 10.00. The Morgan fingerprint density at radius 1 is 1.14 bits per heavy atom. The third kappa shape index (κ3) is 1.90. The van der Waals surface area contributed by atoms with Gasteiger partial charge in [-0.3, -0.25) is 0 Å². The molecule has 1 nitrogen and oxygen atoms in total. The van der Waals surface area contributed by atoms with Gasteiger partial charge in [0.1, 0.15) is 0 Å². The monoisotopic (exact) mass is 318 g/mol. The van der Waals surface area contributed by atoms with Crippen LogP contribution in [0.2, 0.25) is 0 Å². The highest BCUT2D eigenvalue weighted by atomic mass is 79.9. The average molecular weight is 320 g/mol. The molecule has 0 saturated heterocycles. The van der Waals surface area contributed by atoms with Crippen LogP contribution in [0.5, 0.6) is 0 Å². The summed E-state index contributed by atoms with van der Waals surface area (Å²) < 4.78 is 2.15. The second-order valence-electron chi connectivity index (χ2n) is 3.68. The lowest BCUT2D eigenvalue weighted by Crippen LogP contribution is -2.00. The first-order valence-corrected chi connectivity index (χ1v) is 6.43. The zero-order valence-corrected chi connectivity index (χ0v) is 10.9. The summed E-state index contributed by atoms with van der Waals surface area (Å²) in [7, 11) is 0. The number of fused-ring (bicyclic) bond motifs is 1. The fourth-order valence-electron chi connectivity index (χ4n) is 2.01. The molecule has 1 atom stereocenters. The molecule has 14 heavy (non-hydrogen) atoms. The van der Waals surface area contributed by atoms with Gasteiger partial charge in [-0.25, -0.2) is 0 Å². The molecule has 1 aliphatic carbocycles. The van der Waals surface area contributed by atoms with Crippen LogP contribution in [0.3, 0.4) is 0 Å². The van der Waals surface area contributed by atoms with Crippen molar-refractivity contribution in [2.75, 3.05) is 0 Å². The zero-order chi connectivity index (χ0) is 10.1. The highest BCUT2D eigenvalue weighted by Crippen LogP contribution is 2.37. The normalized spacial score (nSPS) is 21.5. The standard InChI is InChI=1S/C11H12Br2O/c12-8-5-6-9(13)11-7(8)3-1-2-4-10(11)14/h5-6,10,14H,1-4H2/t10-/m0/s1. The maximum Gasteiger partial charge on any atom is 0.0804 e. The minimum atomic E-state index is -0.306. The van der Waals surface area contributed by atoms with Crippen molar-refractivity contribution in [3.8, 4) is 0 Å². The van der Waals surface area contributed by atoms with Crippen LogP contribution in [0, 0.1) is 0 Å². The Hall–Kier alpha value is 0.140. The van der Waals surface area contributed by atoms with Crippen LogP contribution in [0.15, 0.2) is 21.1 Å². The average Bonchev–Trinajstić information content (AvgIpc) is 2.35. The first kappa shape index (κ1) is 10.7. The predicted molar refractivity (Wildman–Crippen MR) is 64.4 cm³/mol. The zero-order valence-electron chi connectivity index (χ0n) is 7.76. The van der Waals surface area contributed by atoms with Gasteiger partial charge >= 0.3 is 0 Å². The van der Waals surface area contributed by atoms with Gasteiger partial charge in [-0.05, 0) is 42.5 Å². The number of rotatable bonds is 0. The third-order valence-corrected chi connectivity index (χ3v) is 4.17. The Kier molecular flexibility index (Phi) is 3.30. The molecular formula is C11H12Br2O. The molecule has 0 saturated carbocycles. The van der Waals surface area contributed by atoms with E-state index in [0.29, 0.717) is 0 Å². The first-order valence-electron chi connectivity index (χ1n) is 4.85. The highest BCUT2D eigenvalue weighted by Gasteiger charge is 2.20. The van der Waals surface area contributed by atoms with E-state index in [-0.39, 0.29) is 6.10 Å². The van der Waals surface area contributed by atoms with Crippen molar-refractivity contribution >= 4 is 31.9 Å². The summed E-state index contributed by atoms with van der Waals surface area (Å²) in [5.74, 6) is 0. The second-order valence-corrected chi connectivity index (χ2v) is 5.39. The van der Waals surface area contributed by atoms with E-state index in [1.165, 1.54) is 12.0 Å². The summed E-state index contributed by atoms with van der Waals surface area (Å²) in [4.78, 5) is 0. The Morgan fingerprint density at radius 3 is 2.64 bits per heavy atom. The number of benzene rings is 1. The van der Waals surface area contributed by atoms with E-state index < -0.39 is 0 Å². The molecule has 0 unspecified atom stereocenters. The van der Waals surface area contributed by atoms with E-state index >= 15 is 0 Å². The molecule has 0 amide bonds. The number of aliphatic hydroxyl groups is 1. The van der Waals surface area contributed by atoms with E-state index in [1.807, 2.05) is 12.1 Å². The van der Waals surface area contributed by atoms with E-state index in [4.69, 9.17) is 0 Å². The molecule has 1 N–H and O–H groups in total. The highest BCUT2D eigenvalue weighted by molar-refractivity contribution is 9.11. The molecule has 0 aromatic heterocycles. The van der Waals surface area contributed by atoms with Gasteiger partial charge in [-0.2, -0.15) is 0 Å².